The first-order chi connectivity index (χ1) is 12.3. The van der Waals surface area contributed by atoms with Crippen molar-refractivity contribution in [2.24, 2.45) is 0 Å². The molecule has 2 amide bonds. The largest absolute Gasteiger partial charge is 0.497 e. The lowest BCUT2D eigenvalue weighted by molar-refractivity contribution is -0.137. The fraction of sp³-hybridized carbons (Fsp3) is 0.222. The molecular formula is C18H15F3N2O3. The van der Waals surface area contributed by atoms with Crippen LogP contribution in [0.1, 0.15) is 12.0 Å². The highest BCUT2D eigenvalue weighted by molar-refractivity contribution is 6.23. The van der Waals surface area contributed by atoms with Crippen molar-refractivity contribution in [1.82, 2.24) is 0 Å². The van der Waals surface area contributed by atoms with E-state index >= 15 is 0 Å². The van der Waals surface area contributed by atoms with Crippen molar-refractivity contribution in [2.75, 3.05) is 17.3 Å². The molecule has 0 saturated carbocycles. The molecule has 0 spiro atoms. The van der Waals surface area contributed by atoms with Gasteiger partial charge in [0.25, 0.3) is 5.91 Å². The Kier molecular flexibility index (Phi) is 4.58. The minimum absolute atomic E-state index is 0.0890. The molecule has 1 N–H and O–H groups in total. The minimum Gasteiger partial charge on any atom is -0.497 e. The highest BCUT2D eigenvalue weighted by Gasteiger charge is 2.40. The van der Waals surface area contributed by atoms with Crippen LogP contribution in [0.4, 0.5) is 24.5 Å². The number of anilines is 2. The van der Waals surface area contributed by atoms with Gasteiger partial charge >= 0.3 is 6.18 Å². The Hall–Kier alpha value is -3.03. The first-order valence-corrected chi connectivity index (χ1v) is 7.74. The van der Waals surface area contributed by atoms with Gasteiger partial charge in [0.05, 0.1) is 24.8 Å². The smallest absolute Gasteiger partial charge is 0.416 e. The van der Waals surface area contributed by atoms with E-state index in [4.69, 9.17) is 4.74 Å². The zero-order valence-corrected chi connectivity index (χ0v) is 13.7. The van der Waals surface area contributed by atoms with E-state index in [0.717, 1.165) is 17.0 Å². The molecule has 1 aliphatic rings. The van der Waals surface area contributed by atoms with E-state index in [2.05, 4.69) is 5.32 Å². The number of halogens is 3. The van der Waals surface area contributed by atoms with E-state index in [9.17, 15) is 22.8 Å². The molecule has 0 radical (unpaired) electrons. The minimum atomic E-state index is -4.55. The molecule has 2 aromatic carbocycles. The SMILES string of the molecule is COc1ccc(NC2CC(=O)N(c3cccc(C(F)(F)F)c3)C2=O)cc1. The lowest BCUT2D eigenvalue weighted by atomic mass is 10.2. The van der Waals surface area contributed by atoms with Gasteiger partial charge < -0.3 is 10.1 Å². The van der Waals surface area contributed by atoms with Crippen LogP contribution in [0.3, 0.4) is 0 Å². The van der Waals surface area contributed by atoms with Gasteiger partial charge in [-0.25, -0.2) is 4.90 Å². The number of alkyl halides is 3. The average molecular weight is 364 g/mol. The molecule has 1 fully saturated rings. The summed E-state index contributed by atoms with van der Waals surface area (Å²) in [5.74, 6) is -0.513. The molecule has 26 heavy (non-hydrogen) atoms. The number of hydrogen-bond donors (Lipinski definition) is 1. The molecule has 0 bridgehead atoms. The predicted octanol–water partition coefficient (Wildman–Crippen LogP) is 3.46. The highest BCUT2D eigenvalue weighted by Crippen LogP contribution is 2.33. The Morgan fingerprint density at radius 3 is 2.42 bits per heavy atom. The lowest BCUT2D eigenvalue weighted by Gasteiger charge is -2.17. The first-order valence-electron chi connectivity index (χ1n) is 7.74. The maximum atomic E-state index is 12.9. The van der Waals surface area contributed by atoms with Gasteiger partial charge in [-0.15, -0.1) is 0 Å². The van der Waals surface area contributed by atoms with Gasteiger partial charge in [-0.2, -0.15) is 13.2 Å². The van der Waals surface area contributed by atoms with Crippen molar-refractivity contribution in [3.05, 3.63) is 54.1 Å². The second-order valence-electron chi connectivity index (χ2n) is 5.75. The molecule has 1 aliphatic heterocycles. The van der Waals surface area contributed by atoms with Gasteiger partial charge in [-0.05, 0) is 42.5 Å². The van der Waals surface area contributed by atoms with Gasteiger partial charge in [-0.3, -0.25) is 9.59 Å². The van der Waals surface area contributed by atoms with E-state index in [1.165, 1.54) is 19.2 Å². The Labute approximate surface area is 147 Å². The third kappa shape index (κ3) is 3.49. The maximum absolute atomic E-state index is 12.9. The number of rotatable bonds is 4. The maximum Gasteiger partial charge on any atom is 0.416 e. The fourth-order valence-corrected chi connectivity index (χ4v) is 2.73. The number of nitrogens with zero attached hydrogens (tertiary/aromatic N) is 1. The van der Waals surface area contributed by atoms with Gasteiger partial charge in [0.2, 0.25) is 5.91 Å². The molecule has 8 heteroatoms. The standard InChI is InChI=1S/C18H15F3N2O3/c1-26-14-7-5-12(6-8-14)22-15-10-16(24)23(17(15)25)13-4-2-3-11(9-13)18(19,20)21/h2-9,15,22H,10H2,1H3. The van der Waals surface area contributed by atoms with Gasteiger partial charge in [-0.1, -0.05) is 6.07 Å². The van der Waals surface area contributed by atoms with E-state index < -0.39 is 29.6 Å². The molecule has 1 unspecified atom stereocenters. The zero-order valence-electron chi connectivity index (χ0n) is 13.7. The van der Waals surface area contributed by atoms with E-state index in [1.807, 2.05) is 0 Å². The Bertz CT molecular complexity index is 834. The summed E-state index contributed by atoms with van der Waals surface area (Å²) in [6, 6.07) is 10.1. The molecule has 1 atom stereocenters. The fourth-order valence-electron chi connectivity index (χ4n) is 2.73. The summed E-state index contributed by atoms with van der Waals surface area (Å²) >= 11 is 0. The number of imide groups is 1. The summed E-state index contributed by atoms with van der Waals surface area (Å²) < 4.78 is 43.6. The van der Waals surface area contributed by atoms with Crippen LogP contribution in [0.2, 0.25) is 0 Å². The van der Waals surface area contributed by atoms with Crippen LogP contribution >= 0.6 is 0 Å². The van der Waals surface area contributed by atoms with Crippen molar-refractivity contribution in [1.29, 1.82) is 0 Å². The number of nitrogens with one attached hydrogen (secondary N) is 1. The van der Waals surface area contributed by atoms with Crippen LogP contribution in [-0.4, -0.2) is 25.0 Å². The van der Waals surface area contributed by atoms with E-state index in [1.54, 1.807) is 24.3 Å². The Balaban J connectivity index is 1.80. The van der Waals surface area contributed by atoms with Crippen molar-refractivity contribution in [3.8, 4) is 5.75 Å². The quantitative estimate of drug-likeness (QED) is 0.845. The molecule has 5 nitrogen and oxygen atoms in total. The van der Waals surface area contributed by atoms with Gasteiger partial charge in [0.1, 0.15) is 11.8 Å². The van der Waals surface area contributed by atoms with Crippen LogP contribution in [0.5, 0.6) is 5.75 Å². The number of methoxy groups -OCH3 is 1. The summed E-state index contributed by atoms with van der Waals surface area (Å²) in [6.45, 7) is 0. The third-order valence-electron chi connectivity index (χ3n) is 4.01. The summed E-state index contributed by atoms with van der Waals surface area (Å²) in [5, 5.41) is 2.93. The van der Waals surface area contributed by atoms with Crippen LogP contribution in [0, 0.1) is 0 Å². The van der Waals surface area contributed by atoms with Gasteiger partial charge in [0.15, 0.2) is 0 Å². The molecule has 2 aromatic rings. The number of carbonyl (C=O) groups excluding carboxylic acids is 2. The number of amides is 2. The molecule has 3 rings (SSSR count). The highest BCUT2D eigenvalue weighted by atomic mass is 19.4. The van der Waals surface area contributed by atoms with Crippen LogP contribution in [0.25, 0.3) is 0 Å². The summed E-state index contributed by atoms with van der Waals surface area (Å²) in [7, 11) is 1.52. The Morgan fingerprint density at radius 2 is 1.81 bits per heavy atom. The van der Waals surface area contributed by atoms with Crippen LogP contribution in [0.15, 0.2) is 48.5 Å². The average Bonchev–Trinajstić information content (AvgIpc) is 2.88. The van der Waals surface area contributed by atoms with E-state index in [0.29, 0.717) is 11.4 Å². The topological polar surface area (TPSA) is 58.6 Å². The second-order valence-corrected chi connectivity index (χ2v) is 5.75. The number of benzene rings is 2. The lowest BCUT2D eigenvalue weighted by Crippen LogP contribution is -2.34. The number of hydrogen-bond acceptors (Lipinski definition) is 4. The summed E-state index contributed by atoms with van der Waals surface area (Å²) in [4.78, 5) is 25.5. The number of carbonyl (C=O) groups is 2. The molecule has 0 aliphatic carbocycles. The molecular weight excluding hydrogens is 349 g/mol. The molecule has 1 heterocycles. The monoisotopic (exact) mass is 364 g/mol. The van der Waals surface area contributed by atoms with Crippen LogP contribution in [-0.2, 0) is 15.8 Å². The van der Waals surface area contributed by atoms with Crippen molar-refractivity contribution >= 4 is 23.2 Å². The van der Waals surface area contributed by atoms with Crippen molar-refractivity contribution < 1.29 is 27.5 Å². The summed E-state index contributed by atoms with van der Waals surface area (Å²) in [6.07, 6.45) is -4.69. The van der Waals surface area contributed by atoms with Crippen molar-refractivity contribution in [3.63, 3.8) is 0 Å². The van der Waals surface area contributed by atoms with Crippen molar-refractivity contribution in [2.45, 2.75) is 18.6 Å². The van der Waals surface area contributed by atoms with E-state index in [-0.39, 0.29) is 12.1 Å². The normalized spacial score (nSPS) is 17.5. The zero-order chi connectivity index (χ0) is 18.9. The Morgan fingerprint density at radius 1 is 1.12 bits per heavy atom. The molecule has 0 aromatic heterocycles. The summed E-state index contributed by atoms with van der Waals surface area (Å²) in [5.41, 5.74) is -0.404. The number of ether oxygens (including phenoxy) is 1. The molecule has 1 saturated heterocycles. The first kappa shape index (κ1) is 17.8. The second kappa shape index (κ2) is 6.70. The van der Waals surface area contributed by atoms with Gasteiger partial charge in [0, 0.05) is 5.69 Å². The molecule has 136 valence electrons. The predicted molar refractivity (Wildman–Crippen MR) is 89.0 cm³/mol. The third-order valence-corrected chi connectivity index (χ3v) is 4.01. The van der Waals surface area contributed by atoms with Crippen LogP contribution < -0.4 is 15.0 Å².